The molecule has 2 aromatic heterocycles. The minimum Gasteiger partial charge on any atom is -0.434 e. The van der Waals surface area contributed by atoms with E-state index in [0.29, 0.717) is 28.1 Å². The van der Waals surface area contributed by atoms with Gasteiger partial charge < -0.3 is 14.2 Å². The third-order valence-corrected chi connectivity index (χ3v) is 6.28. The molecule has 0 aliphatic carbocycles. The summed E-state index contributed by atoms with van der Waals surface area (Å²) in [6.45, 7) is -4.08. The molecule has 0 radical (unpaired) electrons. The number of fused-ring (bicyclic) bond motifs is 9. The number of benzene rings is 2. The van der Waals surface area contributed by atoms with Crippen molar-refractivity contribution in [1.29, 1.82) is 0 Å². The summed E-state index contributed by atoms with van der Waals surface area (Å²) in [6.07, 6.45) is 0.147. The van der Waals surface area contributed by atoms with Crippen molar-refractivity contribution in [3.8, 4) is 17.6 Å². The number of hydrogen-bond acceptors (Lipinski definition) is 5. The van der Waals surface area contributed by atoms with E-state index in [-0.39, 0.29) is 23.3 Å². The van der Waals surface area contributed by atoms with Gasteiger partial charge in [0.05, 0.1) is 28.8 Å². The fraction of sp³-hybridized carbons (Fsp3) is 0.231. The van der Waals surface area contributed by atoms with Crippen LogP contribution in [0.25, 0.3) is 11.0 Å². The standard InChI is InChI=1S/C26H19F2N5O2/c1-14-6-9-16(31-30-14)10-7-15-8-11-18-19(12-15)33-20-13-21(24(33)29-18)32(2)25(34)17-4-3-5-22(23(17)20)35-26(27)28/h3-6,8-9,11-12,20-21,26H,13H2,1-2H3/t20-,21-/m1/s1/i2D3. The van der Waals surface area contributed by atoms with Gasteiger partial charge in [-0.3, -0.25) is 4.79 Å². The van der Waals surface area contributed by atoms with Crippen molar-refractivity contribution in [2.24, 2.45) is 0 Å². The van der Waals surface area contributed by atoms with Crippen molar-refractivity contribution in [2.75, 3.05) is 6.98 Å². The number of aryl methyl sites for hydroxylation is 1. The second-order valence-electron chi connectivity index (χ2n) is 8.39. The summed E-state index contributed by atoms with van der Waals surface area (Å²) in [6, 6.07) is 11.5. The molecular weight excluding hydrogens is 452 g/mol. The highest BCUT2D eigenvalue weighted by molar-refractivity contribution is 5.97. The molecule has 0 unspecified atom stereocenters. The number of nitrogens with zero attached hydrogens (tertiary/aromatic N) is 5. The molecule has 2 bridgehead atoms. The van der Waals surface area contributed by atoms with E-state index in [1.165, 1.54) is 18.2 Å². The summed E-state index contributed by atoms with van der Waals surface area (Å²) in [4.78, 5) is 19.0. The molecule has 7 nitrogen and oxygen atoms in total. The van der Waals surface area contributed by atoms with Crippen LogP contribution in [-0.4, -0.2) is 44.1 Å². The Kier molecular flexibility index (Phi) is 4.06. The summed E-state index contributed by atoms with van der Waals surface area (Å²) >= 11 is 0. The summed E-state index contributed by atoms with van der Waals surface area (Å²) in [5, 5.41) is 8.05. The Labute approximate surface area is 203 Å². The van der Waals surface area contributed by atoms with Gasteiger partial charge in [-0.15, -0.1) is 5.10 Å². The van der Waals surface area contributed by atoms with Crippen LogP contribution < -0.4 is 4.74 Å². The van der Waals surface area contributed by atoms with Crippen molar-refractivity contribution < 1.29 is 22.4 Å². The van der Waals surface area contributed by atoms with E-state index >= 15 is 0 Å². The van der Waals surface area contributed by atoms with Crippen molar-refractivity contribution in [2.45, 2.75) is 32.0 Å². The maximum absolute atomic E-state index is 13.5. The van der Waals surface area contributed by atoms with E-state index in [9.17, 15) is 13.6 Å². The lowest BCUT2D eigenvalue weighted by atomic mass is 9.97. The molecule has 2 atom stereocenters. The van der Waals surface area contributed by atoms with Gasteiger partial charge in [0.15, 0.2) is 0 Å². The van der Waals surface area contributed by atoms with Gasteiger partial charge in [-0.05, 0) is 55.3 Å². The quantitative estimate of drug-likeness (QED) is 0.406. The smallest absolute Gasteiger partial charge is 0.387 e. The van der Waals surface area contributed by atoms with Crippen molar-refractivity contribution in [1.82, 2.24) is 24.6 Å². The fourth-order valence-electron chi connectivity index (χ4n) is 4.79. The first-order valence-corrected chi connectivity index (χ1v) is 10.9. The van der Waals surface area contributed by atoms with Gasteiger partial charge in [0, 0.05) is 34.2 Å². The Morgan fingerprint density at radius 1 is 1.14 bits per heavy atom. The van der Waals surface area contributed by atoms with Gasteiger partial charge in [-0.25, -0.2) is 4.98 Å². The highest BCUT2D eigenvalue weighted by atomic mass is 19.3. The van der Waals surface area contributed by atoms with E-state index in [1.54, 1.807) is 28.8 Å². The van der Waals surface area contributed by atoms with Crippen LogP contribution in [0, 0.1) is 18.8 Å². The maximum atomic E-state index is 13.5. The number of hydrogen-bond donors (Lipinski definition) is 0. The van der Waals surface area contributed by atoms with Gasteiger partial charge in [0.2, 0.25) is 0 Å². The molecule has 174 valence electrons. The number of carbonyl (C=O) groups is 1. The zero-order valence-corrected chi connectivity index (χ0v) is 18.4. The molecule has 0 spiro atoms. The average Bonchev–Trinajstić information content (AvgIpc) is 3.35. The van der Waals surface area contributed by atoms with Gasteiger partial charge >= 0.3 is 6.61 Å². The molecule has 35 heavy (non-hydrogen) atoms. The Morgan fingerprint density at radius 2 is 2.03 bits per heavy atom. The Hall–Kier alpha value is -4.32. The number of alkyl halides is 2. The van der Waals surface area contributed by atoms with Crippen LogP contribution in [0.5, 0.6) is 5.75 Å². The molecule has 6 rings (SSSR count). The number of amides is 1. The zero-order valence-electron chi connectivity index (χ0n) is 21.4. The van der Waals surface area contributed by atoms with E-state index in [0.717, 1.165) is 10.6 Å². The minimum atomic E-state index is -3.12. The molecule has 0 fully saturated rings. The molecule has 0 saturated heterocycles. The second kappa shape index (κ2) is 7.87. The first-order valence-electron chi connectivity index (χ1n) is 12.4. The maximum Gasteiger partial charge on any atom is 0.387 e. The molecular formula is C26H19F2N5O2. The van der Waals surface area contributed by atoms with E-state index in [2.05, 4.69) is 27.0 Å². The van der Waals surface area contributed by atoms with Crippen molar-refractivity contribution in [3.63, 3.8) is 0 Å². The van der Waals surface area contributed by atoms with E-state index in [4.69, 9.17) is 8.85 Å². The minimum absolute atomic E-state index is 0.00756. The summed E-state index contributed by atoms with van der Waals surface area (Å²) in [7, 11) is 0. The van der Waals surface area contributed by atoms with E-state index < -0.39 is 31.6 Å². The van der Waals surface area contributed by atoms with Crippen LogP contribution in [0.15, 0.2) is 48.5 Å². The highest BCUT2D eigenvalue weighted by Gasteiger charge is 2.44. The number of ether oxygens (including phenoxy) is 1. The molecule has 4 heterocycles. The Morgan fingerprint density at radius 3 is 2.80 bits per heavy atom. The largest absolute Gasteiger partial charge is 0.434 e. The van der Waals surface area contributed by atoms with Gasteiger partial charge in [0.25, 0.3) is 5.91 Å². The molecule has 1 amide bonds. The molecule has 2 aliphatic rings. The van der Waals surface area contributed by atoms with Crippen LogP contribution in [0.4, 0.5) is 8.78 Å². The SMILES string of the molecule is [2H]C([2H])([2H])N1C(=O)c2cccc(OC(F)F)c2[C@H]2C[C@@H]1c1nc3ccc(C#Cc4ccc(C)nn4)cc3n12. The van der Waals surface area contributed by atoms with Crippen LogP contribution in [0.1, 0.15) is 61.3 Å². The normalized spacial score (nSPS) is 19.8. The highest BCUT2D eigenvalue weighted by Crippen LogP contribution is 2.49. The van der Waals surface area contributed by atoms with Crippen LogP contribution in [0.2, 0.25) is 0 Å². The molecule has 4 aromatic rings. The summed E-state index contributed by atoms with van der Waals surface area (Å²) in [5.74, 6) is 5.42. The lowest BCUT2D eigenvalue weighted by Crippen LogP contribution is -2.30. The summed E-state index contributed by atoms with van der Waals surface area (Å²) in [5.41, 5.74) is 3.32. The molecule has 9 heteroatoms. The first kappa shape index (κ1) is 18.1. The average molecular weight is 474 g/mol. The molecule has 0 N–H and O–H groups in total. The third kappa shape index (κ3) is 3.41. The number of rotatable bonds is 2. The predicted octanol–water partition coefficient (Wildman–Crippen LogP) is 4.26. The van der Waals surface area contributed by atoms with Crippen LogP contribution in [-0.2, 0) is 0 Å². The number of carbonyl (C=O) groups excluding carboxylic acids is 1. The molecule has 2 aliphatic heterocycles. The number of imidazole rings is 1. The zero-order chi connectivity index (χ0) is 26.8. The van der Waals surface area contributed by atoms with Gasteiger partial charge in [-0.1, -0.05) is 12.0 Å². The predicted molar refractivity (Wildman–Crippen MR) is 123 cm³/mol. The Bertz CT molecular complexity index is 1660. The third-order valence-electron chi connectivity index (χ3n) is 6.28. The summed E-state index contributed by atoms with van der Waals surface area (Å²) < 4.78 is 57.6. The molecule has 2 aromatic carbocycles. The van der Waals surface area contributed by atoms with Crippen LogP contribution in [0.3, 0.4) is 0 Å². The number of aromatic nitrogens is 4. The second-order valence-corrected chi connectivity index (χ2v) is 8.39. The van der Waals surface area contributed by atoms with Gasteiger partial charge in [0.1, 0.15) is 17.3 Å². The lowest BCUT2D eigenvalue weighted by molar-refractivity contribution is -0.0507. The topological polar surface area (TPSA) is 73.1 Å². The number of halogens is 2. The first-order chi connectivity index (χ1) is 18.1. The van der Waals surface area contributed by atoms with Gasteiger partial charge in [-0.2, -0.15) is 13.9 Å². The lowest BCUT2D eigenvalue weighted by Gasteiger charge is -2.24. The van der Waals surface area contributed by atoms with Crippen molar-refractivity contribution >= 4 is 16.9 Å². The monoisotopic (exact) mass is 474 g/mol. The van der Waals surface area contributed by atoms with Crippen LogP contribution >= 0.6 is 0 Å². The molecule has 0 saturated carbocycles. The fourth-order valence-corrected chi connectivity index (χ4v) is 4.79. The Balaban J connectivity index is 1.55. The van der Waals surface area contributed by atoms with E-state index in [1.807, 2.05) is 13.0 Å². The van der Waals surface area contributed by atoms with Crippen molar-refractivity contribution in [3.05, 3.63) is 82.4 Å².